The Kier molecular flexibility index (Phi) is 3.28. The number of hydrogen-bond acceptors (Lipinski definition) is 5. The van der Waals surface area contributed by atoms with Crippen molar-refractivity contribution in [3.8, 4) is 11.5 Å². The van der Waals surface area contributed by atoms with E-state index in [-0.39, 0.29) is 34.7 Å². The van der Waals surface area contributed by atoms with Crippen molar-refractivity contribution < 1.29 is 24.9 Å². The van der Waals surface area contributed by atoms with Crippen molar-refractivity contribution >= 4 is 5.97 Å². The van der Waals surface area contributed by atoms with Crippen LogP contribution in [-0.2, 0) is 14.9 Å². The lowest BCUT2D eigenvalue weighted by Crippen LogP contribution is -2.54. The van der Waals surface area contributed by atoms with Crippen LogP contribution in [0.5, 0.6) is 11.5 Å². The number of ether oxygens (including phenoxy) is 1. The van der Waals surface area contributed by atoms with Gasteiger partial charge in [0.25, 0.3) is 0 Å². The number of hydrogen-bond donors (Lipinski definition) is 3. The summed E-state index contributed by atoms with van der Waals surface area (Å²) >= 11 is 0. The van der Waals surface area contributed by atoms with Crippen LogP contribution in [0, 0.1) is 11.3 Å². The summed E-state index contributed by atoms with van der Waals surface area (Å²) in [4.78, 5) is 13.0. The minimum absolute atomic E-state index is 0.0179. The predicted octanol–water partition coefficient (Wildman–Crippen LogP) is 3.26. The number of esters is 1. The van der Waals surface area contributed by atoms with E-state index in [1.165, 1.54) is 0 Å². The Morgan fingerprint density at radius 1 is 1.20 bits per heavy atom. The van der Waals surface area contributed by atoms with Gasteiger partial charge < -0.3 is 20.1 Å². The van der Waals surface area contributed by atoms with Gasteiger partial charge in [-0.25, -0.2) is 0 Å². The monoisotopic (exact) mass is 346 g/mol. The number of carbonyl (C=O) groups is 1. The maximum absolute atomic E-state index is 13.0. The number of benzene rings is 1. The second-order valence-electron chi connectivity index (χ2n) is 8.89. The van der Waals surface area contributed by atoms with E-state index in [1.807, 2.05) is 13.8 Å². The molecule has 4 rings (SSSR count). The van der Waals surface area contributed by atoms with Gasteiger partial charge in [0.15, 0.2) is 11.5 Å². The van der Waals surface area contributed by atoms with Gasteiger partial charge in [-0.3, -0.25) is 4.79 Å². The molecule has 0 radical (unpaired) electrons. The molecule has 1 heterocycles. The Labute approximate surface area is 147 Å². The summed E-state index contributed by atoms with van der Waals surface area (Å²) in [6.45, 7) is 8.02. The van der Waals surface area contributed by atoms with Crippen LogP contribution in [0.25, 0.3) is 0 Å². The molecule has 1 aliphatic heterocycles. The summed E-state index contributed by atoms with van der Waals surface area (Å²) in [6, 6.07) is 1.74. The van der Waals surface area contributed by atoms with E-state index in [9.17, 15) is 20.1 Å². The second-order valence-corrected chi connectivity index (χ2v) is 8.89. The van der Waals surface area contributed by atoms with Crippen molar-refractivity contribution in [2.24, 2.45) is 11.3 Å². The van der Waals surface area contributed by atoms with Gasteiger partial charge in [0, 0.05) is 17.0 Å². The number of phenols is 2. The van der Waals surface area contributed by atoms with Crippen molar-refractivity contribution in [3.05, 3.63) is 22.8 Å². The average Bonchev–Trinajstić information content (AvgIpc) is 2.79. The van der Waals surface area contributed by atoms with E-state index in [0.29, 0.717) is 23.1 Å². The van der Waals surface area contributed by atoms with E-state index >= 15 is 0 Å². The Morgan fingerprint density at radius 2 is 1.88 bits per heavy atom. The zero-order valence-electron chi connectivity index (χ0n) is 15.2. The first kappa shape index (κ1) is 16.7. The molecule has 4 atom stereocenters. The normalized spacial score (nSPS) is 35.3. The number of carbonyl (C=O) groups excluding carboxylic acids is 1. The molecule has 0 unspecified atom stereocenters. The van der Waals surface area contributed by atoms with Crippen LogP contribution in [0.1, 0.15) is 75.7 Å². The Balaban J connectivity index is 2.06. The molecule has 136 valence electrons. The molecule has 1 saturated carbocycles. The van der Waals surface area contributed by atoms with Crippen molar-refractivity contribution in [3.63, 3.8) is 0 Å². The number of phenolic OH excluding ortho intramolecular Hbond substituents is 2. The summed E-state index contributed by atoms with van der Waals surface area (Å²) in [5.41, 5.74) is 0.319. The second kappa shape index (κ2) is 4.91. The molecular formula is C20H26O5. The molecule has 0 spiro atoms. The van der Waals surface area contributed by atoms with Gasteiger partial charge in [-0.15, -0.1) is 0 Å². The molecule has 1 aromatic carbocycles. The molecule has 2 aliphatic carbocycles. The third-order valence-electron chi connectivity index (χ3n) is 6.73. The Hall–Kier alpha value is -1.75. The summed E-state index contributed by atoms with van der Waals surface area (Å²) in [5, 5.41) is 32.4. The zero-order valence-corrected chi connectivity index (χ0v) is 15.2. The maximum Gasteiger partial charge on any atom is 0.317 e. The van der Waals surface area contributed by atoms with Gasteiger partial charge in [-0.2, -0.15) is 0 Å². The minimum atomic E-state index is -0.985. The molecule has 25 heavy (non-hydrogen) atoms. The van der Waals surface area contributed by atoms with Crippen molar-refractivity contribution in [1.29, 1.82) is 0 Å². The smallest absolute Gasteiger partial charge is 0.317 e. The van der Waals surface area contributed by atoms with E-state index in [4.69, 9.17) is 4.74 Å². The number of aliphatic hydroxyl groups is 1. The van der Waals surface area contributed by atoms with Crippen LogP contribution in [0.15, 0.2) is 6.07 Å². The number of fused-ring (bicyclic) bond motifs is 1. The highest BCUT2D eigenvalue weighted by molar-refractivity contribution is 5.90. The highest BCUT2D eigenvalue weighted by atomic mass is 16.6. The Bertz CT molecular complexity index is 766. The van der Waals surface area contributed by atoms with Gasteiger partial charge in [0.05, 0.1) is 0 Å². The topological polar surface area (TPSA) is 87.0 Å². The van der Waals surface area contributed by atoms with Crippen LogP contribution < -0.4 is 0 Å². The third-order valence-corrected chi connectivity index (χ3v) is 6.73. The van der Waals surface area contributed by atoms with Crippen LogP contribution in [-0.4, -0.2) is 27.4 Å². The van der Waals surface area contributed by atoms with Gasteiger partial charge in [0.2, 0.25) is 0 Å². The third kappa shape index (κ3) is 1.85. The van der Waals surface area contributed by atoms with Crippen molar-refractivity contribution in [2.75, 3.05) is 0 Å². The number of aliphatic hydroxyl groups excluding tert-OH is 1. The van der Waals surface area contributed by atoms with E-state index in [0.717, 1.165) is 12.8 Å². The molecule has 1 saturated heterocycles. The highest BCUT2D eigenvalue weighted by Crippen LogP contribution is 2.66. The fourth-order valence-corrected chi connectivity index (χ4v) is 5.70. The van der Waals surface area contributed by atoms with E-state index < -0.39 is 17.6 Å². The van der Waals surface area contributed by atoms with Crippen molar-refractivity contribution in [2.45, 2.75) is 70.5 Å². The first-order valence-corrected chi connectivity index (χ1v) is 9.11. The zero-order chi connectivity index (χ0) is 18.3. The molecular weight excluding hydrogens is 320 g/mol. The van der Waals surface area contributed by atoms with E-state index in [2.05, 4.69) is 13.8 Å². The molecule has 2 bridgehead atoms. The molecule has 1 aromatic rings. The van der Waals surface area contributed by atoms with Gasteiger partial charge >= 0.3 is 5.97 Å². The Morgan fingerprint density at radius 3 is 2.52 bits per heavy atom. The molecule has 3 N–H and O–H groups in total. The first-order valence-electron chi connectivity index (χ1n) is 9.11. The highest BCUT2D eigenvalue weighted by Gasteiger charge is 2.70. The predicted molar refractivity (Wildman–Crippen MR) is 91.5 cm³/mol. The minimum Gasteiger partial charge on any atom is -0.504 e. The van der Waals surface area contributed by atoms with Crippen LogP contribution >= 0.6 is 0 Å². The lowest BCUT2D eigenvalue weighted by molar-refractivity contribution is -0.148. The van der Waals surface area contributed by atoms with E-state index in [1.54, 1.807) is 6.07 Å². The quantitative estimate of drug-likeness (QED) is 0.537. The molecule has 5 heteroatoms. The number of aromatic hydroxyl groups is 2. The van der Waals surface area contributed by atoms with Crippen LogP contribution in [0.4, 0.5) is 0 Å². The maximum atomic E-state index is 13.0. The SMILES string of the molecule is CC(C)c1cc2c(c(O)c1O)[C@@]13CCCC(C)(C)[C@@H]1[C@H](OC3=O)[C@@H]2O. The summed E-state index contributed by atoms with van der Waals surface area (Å²) in [5.74, 6) is -1.05. The fourth-order valence-electron chi connectivity index (χ4n) is 5.70. The fraction of sp³-hybridized carbons (Fsp3) is 0.650. The number of rotatable bonds is 1. The summed E-state index contributed by atoms with van der Waals surface area (Å²) in [7, 11) is 0. The lowest BCUT2D eigenvalue weighted by atomic mass is 9.49. The first-order chi connectivity index (χ1) is 11.6. The molecule has 5 nitrogen and oxygen atoms in total. The summed E-state index contributed by atoms with van der Waals surface area (Å²) in [6.07, 6.45) is 0.767. The van der Waals surface area contributed by atoms with Crippen LogP contribution in [0.2, 0.25) is 0 Å². The van der Waals surface area contributed by atoms with Gasteiger partial charge in [0.1, 0.15) is 17.6 Å². The van der Waals surface area contributed by atoms with Crippen LogP contribution in [0.3, 0.4) is 0 Å². The molecule has 0 aromatic heterocycles. The lowest BCUT2D eigenvalue weighted by Gasteiger charge is -2.51. The molecule has 3 aliphatic rings. The molecule has 0 amide bonds. The summed E-state index contributed by atoms with van der Waals surface area (Å²) < 4.78 is 5.67. The van der Waals surface area contributed by atoms with Gasteiger partial charge in [-0.1, -0.05) is 34.1 Å². The average molecular weight is 346 g/mol. The van der Waals surface area contributed by atoms with Gasteiger partial charge in [-0.05, 0) is 35.8 Å². The van der Waals surface area contributed by atoms with Crippen molar-refractivity contribution in [1.82, 2.24) is 0 Å². The standard InChI is InChI=1S/C20H26O5/c1-9(2)10-8-11-12(15(23)13(10)21)20-7-5-6-19(3,4)17(20)16(14(11)22)25-18(20)24/h8-9,14,16-17,21-23H,5-7H2,1-4H3/t14-,16-,17+,20+/m1/s1. The largest absolute Gasteiger partial charge is 0.504 e. The molecule has 2 fully saturated rings.